The van der Waals surface area contributed by atoms with Gasteiger partial charge in [0.05, 0.1) is 17.0 Å². The Balaban J connectivity index is 2.08. The molecule has 7 heteroatoms. The molecule has 1 aromatic rings. The second-order valence-electron chi connectivity index (χ2n) is 5.00. The second kappa shape index (κ2) is 5.88. The molecule has 1 aromatic heterocycles. The maximum atomic E-state index is 12.3. The minimum atomic E-state index is -3.45. The zero-order chi connectivity index (χ0) is 13.9. The maximum absolute atomic E-state index is 12.3. The molecule has 1 unspecified atom stereocenters. The van der Waals surface area contributed by atoms with Gasteiger partial charge in [0.15, 0.2) is 0 Å². The van der Waals surface area contributed by atoms with Crippen LogP contribution in [0.3, 0.4) is 0 Å². The molecule has 5 nitrogen and oxygen atoms in total. The van der Waals surface area contributed by atoms with E-state index in [1.165, 1.54) is 11.3 Å². The Bertz CT molecular complexity index is 519. The monoisotopic (exact) mass is 304 g/mol. The van der Waals surface area contributed by atoms with Crippen LogP contribution in [0.1, 0.15) is 25.1 Å². The van der Waals surface area contributed by atoms with Gasteiger partial charge in [-0.05, 0) is 26.0 Å². The quantitative estimate of drug-likeness (QED) is 0.832. The fourth-order valence-corrected chi connectivity index (χ4v) is 4.64. The first-order valence-corrected chi connectivity index (χ1v) is 8.71. The third-order valence-corrected chi connectivity index (χ3v) is 5.79. The van der Waals surface area contributed by atoms with Crippen LogP contribution in [0, 0.1) is 0 Å². The minimum Gasteiger partial charge on any atom is -0.379 e. The lowest BCUT2D eigenvalue weighted by molar-refractivity contribution is 0.178. The molecule has 0 aromatic carbocycles. The van der Waals surface area contributed by atoms with Gasteiger partial charge in [-0.3, -0.25) is 0 Å². The molecule has 2 N–H and O–H groups in total. The summed E-state index contributed by atoms with van der Waals surface area (Å²) >= 11 is 1.46. The van der Waals surface area contributed by atoms with Crippen LogP contribution >= 0.6 is 11.3 Å². The Kier molecular flexibility index (Phi) is 4.62. The van der Waals surface area contributed by atoms with Gasteiger partial charge in [0, 0.05) is 23.4 Å². The zero-order valence-electron chi connectivity index (χ0n) is 11.2. The first-order chi connectivity index (χ1) is 8.95. The molecular formula is C12H20N2O3S2. The van der Waals surface area contributed by atoms with Crippen LogP contribution in [0.25, 0.3) is 0 Å². The van der Waals surface area contributed by atoms with Gasteiger partial charge in [0.1, 0.15) is 0 Å². The third-order valence-electron chi connectivity index (χ3n) is 3.09. The summed E-state index contributed by atoms with van der Waals surface area (Å²) < 4.78 is 32.6. The largest absolute Gasteiger partial charge is 0.379 e. The fraction of sp³-hybridized carbons (Fsp3) is 0.667. The van der Waals surface area contributed by atoms with Crippen LogP contribution in [-0.4, -0.2) is 33.7 Å². The molecule has 1 aliphatic heterocycles. The summed E-state index contributed by atoms with van der Waals surface area (Å²) in [4.78, 5) is 1.37. The van der Waals surface area contributed by atoms with E-state index in [0.717, 1.165) is 11.4 Å². The molecule has 1 fully saturated rings. The highest BCUT2D eigenvalue weighted by atomic mass is 32.2. The van der Waals surface area contributed by atoms with E-state index in [1.54, 1.807) is 11.4 Å². The predicted octanol–water partition coefficient (Wildman–Crippen LogP) is 1.31. The molecule has 0 saturated carbocycles. The van der Waals surface area contributed by atoms with Crippen LogP contribution in [0.15, 0.2) is 16.3 Å². The van der Waals surface area contributed by atoms with E-state index in [2.05, 4.69) is 10.0 Å². The highest BCUT2D eigenvalue weighted by molar-refractivity contribution is 7.89. The van der Waals surface area contributed by atoms with Gasteiger partial charge >= 0.3 is 0 Å². The van der Waals surface area contributed by atoms with E-state index in [9.17, 15) is 8.42 Å². The molecule has 1 saturated heterocycles. The van der Waals surface area contributed by atoms with Gasteiger partial charge in [-0.25, -0.2) is 13.1 Å². The highest BCUT2D eigenvalue weighted by Crippen LogP contribution is 2.24. The van der Waals surface area contributed by atoms with Crippen molar-refractivity contribution in [2.75, 3.05) is 19.8 Å². The Morgan fingerprint density at radius 2 is 2.32 bits per heavy atom. The number of hydrogen-bond acceptors (Lipinski definition) is 5. The summed E-state index contributed by atoms with van der Waals surface area (Å²) in [7, 11) is -3.45. The van der Waals surface area contributed by atoms with Gasteiger partial charge in [-0.15, -0.1) is 11.3 Å². The van der Waals surface area contributed by atoms with Crippen LogP contribution in [0.5, 0.6) is 0 Å². The molecule has 2 heterocycles. The van der Waals surface area contributed by atoms with Crippen molar-refractivity contribution in [1.82, 2.24) is 10.0 Å². The number of sulfonamides is 1. The summed E-state index contributed by atoms with van der Waals surface area (Å²) in [6.07, 6.45) is 0.709. The number of nitrogens with one attached hydrogen (secondary N) is 2. The van der Waals surface area contributed by atoms with Crippen molar-refractivity contribution in [3.63, 3.8) is 0 Å². The topological polar surface area (TPSA) is 67.4 Å². The van der Waals surface area contributed by atoms with Crippen LogP contribution < -0.4 is 10.0 Å². The Hall–Kier alpha value is -0.470. The zero-order valence-corrected chi connectivity index (χ0v) is 12.9. The van der Waals surface area contributed by atoms with Crippen molar-refractivity contribution in [1.29, 1.82) is 0 Å². The van der Waals surface area contributed by atoms with E-state index in [4.69, 9.17) is 4.74 Å². The van der Waals surface area contributed by atoms with Crippen molar-refractivity contribution < 1.29 is 13.2 Å². The lowest BCUT2D eigenvalue weighted by atomic mass is 10.0. The predicted molar refractivity (Wildman–Crippen MR) is 75.9 cm³/mol. The number of thiophene rings is 1. The number of rotatable bonds is 6. The van der Waals surface area contributed by atoms with E-state index in [0.29, 0.717) is 31.1 Å². The van der Waals surface area contributed by atoms with Gasteiger partial charge in [0.2, 0.25) is 10.0 Å². The van der Waals surface area contributed by atoms with Gasteiger partial charge in [-0.2, -0.15) is 0 Å². The molecule has 1 atom stereocenters. The normalized spacial score (nSPS) is 23.9. The smallest absolute Gasteiger partial charge is 0.241 e. The lowest BCUT2D eigenvalue weighted by Crippen LogP contribution is -2.46. The Labute approximate surface area is 118 Å². The molecule has 0 bridgehead atoms. The van der Waals surface area contributed by atoms with Crippen molar-refractivity contribution in [3.05, 3.63) is 16.3 Å². The standard InChI is InChI=1S/C12H20N2O3S2/c1-3-13-7-10-6-11(8-18-10)19(15,16)14-12(2)4-5-17-9-12/h6,8,13-14H,3-5,7,9H2,1-2H3. The van der Waals surface area contributed by atoms with Crippen molar-refractivity contribution in [3.8, 4) is 0 Å². The van der Waals surface area contributed by atoms with E-state index in [-0.39, 0.29) is 0 Å². The van der Waals surface area contributed by atoms with Crippen LogP contribution in [0.2, 0.25) is 0 Å². The van der Waals surface area contributed by atoms with Crippen molar-refractivity contribution in [2.24, 2.45) is 0 Å². The first-order valence-electron chi connectivity index (χ1n) is 6.35. The average molecular weight is 304 g/mol. The van der Waals surface area contributed by atoms with Crippen molar-refractivity contribution in [2.45, 2.75) is 37.2 Å². The average Bonchev–Trinajstić information content (AvgIpc) is 2.95. The SMILES string of the molecule is CCNCc1cc(S(=O)(=O)NC2(C)CCOC2)cs1. The van der Waals surface area contributed by atoms with Gasteiger partial charge in [-0.1, -0.05) is 6.92 Å². The summed E-state index contributed by atoms with van der Waals surface area (Å²) in [5, 5.41) is 4.87. The molecule has 108 valence electrons. The van der Waals surface area contributed by atoms with E-state index >= 15 is 0 Å². The second-order valence-corrected chi connectivity index (χ2v) is 7.68. The minimum absolute atomic E-state index is 0.346. The van der Waals surface area contributed by atoms with Crippen LogP contribution in [-0.2, 0) is 21.3 Å². The van der Waals surface area contributed by atoms with Crippen LogP contribution in [0.4, 0.5) is 0 Å². The summed E-state index contributed by atoms with van der Waals surface area (Å²) in [5.74, 6) is 0. The molecule has 0 spiro atoms. The lowest BCUT2D eigenvalue weighted by Gasteiger charge is -2.22. The maximum Gasteiger partial charge on any atom is 0.241 e. The molecule has 2 rings (SSSR count). The molecule has 0 aliphatic carbocycles. The third kappa shape index (κ3) is 3.76. The number of hydrogen-bond donors (Lipinski definition) is 2. The Morgan fingerprint density at radius 1 is 1.53 bits per heavy atom. The van der Waals surface area contributed by atoms with Gasteiger partial charge in [0.25, 0.3) is 0 Å². The van der Waals surface area contributed by atoms with E-state index in [1.807, 2.05) is 13.8 Å². The van der Waals surface area contributed by atoms with Gasteiger partial charge < -0.3 is 10.1 Å². The van der Waals surface area contributed by atoms with E-state index < -0.39 is 15.6 Å². The summed E-state index contributed by atoms with van der Waals surface area (Å²) in [6, 6.07) is 1.73. The molecular weight excluding hydrogens is 284 g/mol. The molecule has 0 radical (unpaired) electrons. The molecule has 1 aliphatic rings. The molecule has 0 amide bonds. The van der Waals surface area contributed by atoms with Crippen molar-refractivity contribution >= 4 is 21.4 Å². The fourth-order valence-electron chi connectivity index (χ4n) is 1.97. The first kappa shape index (κ1) is 14.9. The highest BCUT2D eigenvalue weighted by Gasteiger charge is 2.34. The number of ether oxygens (including phenoxy) is 1. The molecule has 19 heavy (non-hydrogen) atoms. The summed E-state index contributed by atoms with van der Waals surface area (Å²) in [5.41, 5.74) is -0.484. The summed E-state index contributed by atoms with van der Waals surface area (Å²) in [6.45, 7) is 6.51. The Morgan fingerprint density at radius 3 is 2.95 bits per heavy atom.